The van der Waals surface area contributed by atoms with Crippen LogP contribution >= 0.6 is 0 Å². The number of nitrogens with zero attached hydrogens (tertiary/aromatic N) is 1. The fourth-order valence-electron chi connectivity index (χ4n) is 2.75. The minimum atomic E-state index is -3.54. The molecule has 1 aliphatic rings. The summed E-state index contributed by atoms with van der Waals surface area (Å²) in [7, 11) is -3.54. The van der Waals surface area contributed by atoms with Gasteiger partial charge < -0.3 is 5.11 Å². The molecular formula is C15H24N2O3S. The molecule has 1 aromatic rings. The summed E-state index contributed by atoms with van der Waals surface area (Å²) in [5.74, 6) is 0. The highest BCUT2D eigenvalue weighted by Crippen LogP contribution is 2.19. The molecule has 1 saturated heterocycles. The van der Waals surface area contributed by atoms with E-state index >= 15 is 0 Å². The van der Waals surface area contributed by atoms with Crippen molar-refractivity contribution < 1.29 is 13.5 Å². The van der Waals surface area contributed by atoms with Gasteiger partial charge in [-0.2, -0.15) is 17.4 Å². The maximum atomic E-state index is 12.5. The zero-order valence-corrected chi connectivity index (χ0v) is 13.2. The lowest BCUT2D eigenvalue weighted by Gasteiger charge is -2.33. The van der Waals surface area contributed by atoms with Crippen molar-refractivity contribution in [1.82, 2.24) is 9.03 Å². The molecule has 21 heavy (non-hydrogen) atoms. The highest BCUT2D eigenvalue weighted by molar-refractivity contribution is 7.87. The first-order valence-electron chi connectivity index (χ1n) is 7.47. The Kier molecular flexibility index (Phi) is 5.75. The highest BCUT2D eigenvalue weighted by atomic mass is 32.2. The summed E-state index contributed by atoms with van der Waals surface area (Å²) < 4.78 is 29.1. The molecule has 0 spiro atoms. The molecule has 0 aromatic heterocycles. The van der Waals surface area contributed by atoms with Gasteiger partial charge in [0.25, 0.3) is 10.2 Å². The van der Waals surface area contributed by atoms with E-state index in [4.69, 9.17) is 0 Å². The maximum Gasteiger partial charge on any atom is 0.280 e. The van der Waals surface area contributed by atoms with Gasteiger partial charge in [0.1, 0.15) is 0 Å². The van der Waals surface area contributed by atoms with E-state index in [1.807, 2.05) is 37.3 Å². The van der Waals surface area contributed by atoms with Crippen LogP contribution in [0.3, 0.4) is 0 Å². The lowest BCUT2D eigenvalue weighted by atomic mass is 10.1. The first-order chi connectivity index (χ1) is 10.0. The van der Waals surface area contributed by atoms with Crippen LogP contribution in [-0.2, 0) is 16.6 Å². The fourth-order valence-corrected chi connectivity index (χ4v) is 4.41. The van der Waals surface area contributed by atoms with Crippen molar-refractivity contribution in [3.63, 3.8) is 0 Å². The normalized spacial score (nSPS) is 22.1. The summed E-state index contributed by atoms with van der Waals surface area (Å²) in [5.41, 5.74) is 1.01. The predicted molar refractivity (Wildman–Crippen MR) is 83.1 cm³/mol. The number of aliphatic hydroxyl groups excluding tert-OH is 1. The molecule has 0 aliphatic carbocycles. The molecule has 1 unspecified atom stereocenters. The minimum absolute atomic E-state index is 0.0207. The van der Waals surface area contributed by atoms with Gasteiger partial charge in [-0.15, -0.1) is 0 Å². The number of hydrogen-bond donors (Lipinski definition) is 2. The third-order valence-electron chi connectivity index (χ3n) is 3.91. The fraction of sp³-hybridized carbons (Fsp3) is 0.600. The third-order valence-corrected chi connectivity index (χ3v) is 5.70. The molecule has 0 radical (unpaired) electrons. The van der Waals surface area contributed by atoms with E-state index in [2.05, 4.69) is 4.72 Å². The van der Waals surface area contributed by atoms with E-state index in [1.165, 1.54) is 4.31 Å². The second-order valence-electron chi connectivity index (χ2n) is 5.65. The lowest BCUT2D eigenvalue weighted by Crippen LogP contribution is -2.51. The topological polar surface area (TPSA) is 69.6 Å². The van der Waals surface area contributed by atoms with E-state index in [1.54, 1.807) is 0 Å². The van der Waals surface area contributed by atoms with Crippen molar-refractivity contribution in [2.75, 3.05) is 13.2 Å². The van der Waals surface area contributed by atoms with Crippen molar-refractivity contribution in [3.05, 3.63) is 35.9 Å². The van der Waals surface area contributed by atoms with Gasteiger partial charge in [0.05, 0.1) is 12.6 Å². The summed E-state index contributed by atoms with van der Waals surface area (Å²) in [4.78, 5) is 0. The van der Waals surface area contributed by atoms with Crippen LogP contribution in [0.1, 0.15) is 31.7 Å². The molecule has 0 bridgehead atoms. The largest absolute Gasteiger partial charge is 0.395 e. The average Bonchev–Trinajstić information content (AvgIpc) is 2.47. The van der Waals surface area contributed by atoms with Crippen molar-refractivity contribution >= 4 is 10.2 Å². The van der Waals surface area contributed by atoms with Crippen molar-refractivity contribution in [1.29, 1.82) is 0 Å². The van der Waals surface area contributed by atoms with E-state index < -0.39 is 16.3 Å². The summed E-state index contributed by atoms with van der Waals surface area (Å²) >= 11 is 0. The van der Waals surface area contributed by atoms with Gasteiger partial charge in [-0.05, 0) is 31.7 Å². The van der Waals surface area contributed by atoms with Crippen LogP contribution in [-0.4, -0.2) is 43.1 Å². The Morgan fingerprint density at radius 3 is 2.67 bits per heavy atom. The van der Waals surface area contributed by atoms with Gasteiger partial charge in [-0.25, -0.2) is 0 Å². The second-order valence-corrected chi connectivity index (χ2v) is 7.30. The zero-order chi connectivity index (χ0) is 15.3. The van der Waals surface area contributed by atoms with Crippen LogP contribution < -0.4 is 4.72 Å². The van der Waals surface area contributed by atoms with Gasteiger partial charge in [0.15, 0.2) is 0 Å². The molecule has 1 aromatic carbocycles. The zero-order valence-electron chi connectivity index (χ0n) is 12.4. The first kappa shape index (κ1) is 16.4. The van der Waals surface area contributed by atoms with E-state index in [0.717, 1.165) is 24.8 Å². The van der Waals surface area contributed by atoms with E-state index in [-0.39, 0.29) is 12.6 Å². The SMILES string of the molecule is CC1CCCCN1S(=O)(=O)N[C@@H](CO)Cc1ccccc1. The van der Waals surface area contributed by atoms with Crippen LogP contribution in [0.5, 0.6) is 0 Å². The number of rotatable bonds is 6. The number of hydrogen-bond acceptors (Lipinski definition) is 3. The van der Waals surface area contributed by atoms with E-state index in [0.29, 0.717) is 13.0 Å². The van der Waals surface area contributed by atoms with Crippen LogP contribution in [0.25, 0.3) is 0 Å². The van der Waals surface area contributed by atoms with Crippen LogP contribution in [0.15, 0.2) is 30.3 Å². The predicted octanol–water partition coefficient (Wildman–Crippen LogP) is 1.30. The van der Waals surface area contributed by atoms with Gasteiger partial charge in [0, 0.05) is 12.6 Å². The summed E-state index contributed by atoms with van der Waals surface area (Å²) in [5, 5.41) is 9.47. The molecule has 5 nitrogen and oxygen atoms in total. The Morgan fingerprint density at radius 1 is 1.33 bits per heavy atom. The first-order valence-corrected chi connectivity index (χ1v) is 8.91. The van der Waals surface area contributed by atoms with E-state index in [9.17, 15) is 13.5 Å². The Hall–Kier alpha value is -0.950. The molecule has 6 heteroatoms. The molecular weight excluding hydrogens is 288 g/mol. The van der Waals surface area contributed by atoms with Crippen molar-refractivity contribution in [3.8, 4) is 0 Å². The Morgan fingerprint density at radius 2 is 2.05 bits per heavy atom. The Bertz CT molecular complexity index is 533. The lowest BCUT2D eigenvalue weighted by molar-refractivity contribution is 0.240. The smallest absolute Gasteiger partial charge is 0.280 e. The number of piperidine rings is 1. The van der Waals surface area contributed by atoms with Gasteiger partial charge in [-0.3, -0.25) is 0 Å². The molecule has 1 fully saturated rings. The molecule has 118 valence electrons. The minimum Gasteiger partial charge on any atom is -0.395 e. The summed E-state index contributed by atoms with van der Waals surface area (Å²) in [6, 6.07) is 9.12. The van der Waals surface area contributed by atoms with Crippen LogP contribution in [0.4, 0.5) is 0 Å². The highest BCUT2D eigenvalue weighted by Gasteiger charge is 2.31. The molecule has 2 rings (SSSR count). The molecule has 0 amide bonds. The standard InChI is InChI=1S/C15H24N2O3S/c1-13-7-5-6-10-17(13)21(19,20)16-15(12-18)11-14-8-3-2-4-9-14/h2-4,8-9,13,15-16,18H,5-7,10-12H2,1H3/t13?,15-/m1/s1. The molecule has 2 N–H and O–H groups in total. The number of benzene rings is 1. The quantitative estimate of drug-likeness (QED) is 0.832. The second kappa shape index (κ2) is 7.35. The van der Waals surface area contributed by atoms with Crippen molar-refractivity contribution in [2.45, 2.75) is 44.7 Å². The molecule has 0 saturated carbocycles. The Labute approximate surface area is 127 Å². The van der Waals surface area contributed by atoms with Gasteiger partial charge in [0.2, 0.25) is 0 Å². The number of aliphatic hydroxyl groups is 1. The van der Waals surface area contributed by atoms with Gasteiger partial charge >= 0.3 is 0 Å². The number of nitrogens with one attached hydrogen (secondary N) is 1. The summed E-state index contributed by atoms with van der Waals surface area (Å²) in [6.07, 6.45) is 3.34. The molecule has 1 heterocycles. The molecule has 1 aliphatic heterocycles. The van der Waals surface area contributed by atoms with Crippen LogP contribution in [0, 0.1) is 0 Å². The monoisotopic (exact) mass is 312 g/mol. The third kappa shape index (κ3) is 4.51. The van der Waals surface area contributed by atoms with Crippen LogP contribution in [0.2, 0.25) is 0 Å². The van der Waals surface area contributed by atoms with Crippen molar-refractivity contribution in [2.24, 2.45) is 0 Å². The Balaban J connectivity index is 2.03. The summed E-state index contributed by atoms with van der Waals surface area (Å²) in [6.45, 7) is 2.28. The van der Waals surface area contributed by atoms with Gasteiger partial charge in [-0.1, -0.05) is 36.8 Å². The molecule has 2 atom stereocenters. The maximum absolute atomic E-state index is 12.5. The average molecular weight is 312 g/mol.